The zero-order chi connectivity index (χ0) is 15.8. The standard InChI is InChI=1S/C19H39NO/c1-4-7-9-11-12-13-14-16-19(21)20(17-6-3)18-15-10-8-5-2/h4-18H2,1-3H3. The Morgan fingerprint density at radius 3 is 1.71 bits per heavy atom. The minimum absolute atomic E-state index is 0.391. The van der Waals surface area contributed by atoms with E-state index in [2.05, 4.69) is 25.7 Å². The van der Waals surface area contributed by atoms with Crippen LogP contribution < -0.4 is 0 Å². The zero-order valence-electron chi connectivity index (χ0n) is 15.0. The van der Waals surface area contributed by atoms with E-state index in [-0.39, 0.29) is 0 Å². The molecule has 0 aromatic heterocycles. The predicted molar refractivity (Wildman–Crippen MR) is 93.6 cm³/mol. The molecule has 0 radical (unpaired) electrons. The molecule has 0 unspecified atom stereocenters. The number of amides is 1. The Balaban J connectivity index is 3.69. The van der Waals surface area contributed by atoms with E-state index in [1.54, 1.807) is 0 Å². The molecule has 0 aliphatic rings. The van der Waals surface area contributed by atoms with E-state index in [0.717, 1.165) is 32.4 Å². The van der Waals surface area contributed by atoms with Gasteiger partial charge in [0.05, 0.1) is 0 Å². The van der Waals surface area contributed by atoms with Crippen LogP contribution in [0.15, 0.2) is 0 Å². The number of hydrogen-bond donors (Lipinski definition) is 0. The van der Waals surface area contributed by atoms with Gasteiger partial charge in [0.1, 0.15) is 0 Å². The number of rotatable bonds is 15. The second-order valence-corrected chi connectivity index (χ2v) is 6.31. The maximum absolute atomic E-state index is 12.3. The third-order valence-electron chi connectivity index (χ3n) is 4.12. The van der Waals surface area contributed by atoms with Crippen molar-refractivity contribution in [1.29, 1.82) is 0 Å². The van der Waals surface area contributed by atoms with E-state index in [4.69, 9.17) is 0 Å². The van der Waals surface area contributed by atoms with Gasteiger partial charge in [-0.05, 0) is 19.3 Å². The molecule has 0 aliphatic carbocycles. The van der Waals surface area contributed by atoms with E-state index >= 15 is 0 Å². The third-order valence-corrected chi connectivity index (χ3v) is 4.12. The van der Waals surface area contributed by atoms with Crippen molar-refractivity contribution < 1.29 is 4.79 Å². The van der Waals surface area contributed by atoms with Crippen LogP contribution in [0.5, 0.6) is 0 Å². The Bertz CT molecular complexity index is 228. The minimum Gasteiger partial charge on any atom is -0.343 e. The first-order valence-corrected chi connectivity index (χ1v) is 9.54. The van der Waals surface area contributed by atoms with E-state index in [9.17, 15) is 4.79 Å². The second-order valence-electron chi connectivity index (χ2n) is 6.31. The van der Waals surface area contributed by atoms with E-state index in [0.29, 0.717) is 5.91 Å². The van der Waals surface area contributed by atoms with Crippen LogP contribution in [0.1, 0.15) is 104 Å². The fourth-order valence-corrected chi connectivity index (χ4v) is 2.75. The molecule has 0 spiro atoms. The minimum atomic E-state index is 0.391. The fraction of sp³-hybridized carbons (Fsp3) is 0.947. The second kappa shape index (κ2) is 15.9. The molecule has 0 fully saturated rings. The molecule has 0 rings (SSSR count). The molecule has 2 heteroatoms. The largest absolute Gasteiger partial charge is 0.343 e. The summed E-state index contributed by atoms with van der Waals surface area (Å²) in [5, 5.41) is 0. The molecule has 0 aliphatic heterocycles. The summed E-state index contributed by atoms with van der Waals surface area (Å²) in [5.41, 5.74) is 0. The van der Waals surface area contributed by atoms with Gasteiger partial charge in [-0.1, -0.05) is 78.6 Å². The molecule has 0 atom stereocenters. The maximum Gasteiger partial charge on any atom is 0.222 e. The highest BCUT2D eigenvalue weighted by atomic mass is 16.2. The molecule has 1 amide bonds. The Morgan fingerprint density at radius 1 is 0.619 bits per heavy atom. The smallest absolute Gasteiger partial charge is 0.222 e. The molecule has 0 saturated carbocycles. The summed E-state index contributed by atoms with van der Waals surface area (Å²) in [6, 6.07) is 0. The van der Waals surface area contributed by atoms with E-state index < -0.39 is 0 Å². The van der Waals surface area contributed by atoms with Gasteiger partial charge in [-0.3, -0.25) is 4.79 Å². The van der Waals surface area contributed by atoms with Gasteiger partial charge < -0.3 is 4.90 Å². The first-order valence-electron chi connectivity index (χ1n) is 9.54. The summed E-state index contributed by atoms with van der Waals surface area (Å²) >= 11 is 0. The topological polar surface area (TPSA) is 20.3 Å². The Hall–Kier alpha value is -0.530. The number of carbonyl (C=O) groups is 1. The first kappa shape index (κ1) is 20.5. The normalized spacial score (nSPS) is 10.8. The number of unbranched alkanes of at least 4 members (excludes halogenated alkanes) is 9. The summed E-state index contributed by atoms with van der Waals surface area (Å²) in [6.07, 6.45) is 15.8. The molecule has 126 valence electrons. The van der Waals surface area contributed by atoms with Crippen molar-refractivity contribution in [3.05, 3.63) is 0 Å². The quantitative estimate of drug-likeness (QED) is 0.342. The van der Waals surface area contributed by atoms with Crippen molar-refractivity contribution in [1.82, 2.24) is 4.90 Å². The molecular weight excluding hydrogens is 258 g/mol. The predicted octanol–water partition coefficient (Wildman–Crippen LogP) is 5.95. The van der Waals surface area contributed by atoms with Gasteiger partial charge in [0.2, 0.25) is 5.91 Å². The lowest BCUT2D eigenvalue weighted by molar-refractivity contribution is -0.131. The molecule has 0 aromatic carbocycles. The average molecular weight is 298 g/mol. The molecular formula is C19H39NO. The lowest BCUT2D eigenvalue weighted by Crippen LogP contribution is -2.32. The molecule has 0 bridgehead atoms. The molecule has 21 heavy (non-hydrogen) atoms. The van der Waals surface area contributed by atoms with Crippen molar-refractivity contribution in [2.75, 3.05) is 13.1 Å². The summed E-state index contributed by atoms with van der Waals surface area (Å²) in [4.78, 5) is 14.4. The maximum atomic E-state index is 12.3. The number of nitrogens with zero attached hydrogens (tertiary/aromatic N) is 1. The summed E-state index contributed by atoms with van der Waals surface area (Å²) in [5.74, 6) is 0.391. The van der Waals surface area contributed by atoms with Crippen molar-refractivity contribution in [3.8, 4) is 0 Å². The lowest BCUT2D eigenvalue weighted by atomic mass is 10.1. The Kier molecular flexibility index (Phi) is 15.5. The van der Waals surface area contributed by atoms with Crippen LogP contribution in [0.2, 0.25) is 0 Å². The van der Waals surface area contributed by atoms with Crippen LogP contribution in [-0.4, -0.2) is 23.9 Å². The first-order chi connectivity index (χ1) is 10.3. The zero-order valence-corrected chi connectivity index (χ0v) is 15.0. The SMILES string of the molecule is CCCCCCCCCC(=O)N(CCC)CCCCCC. The van der Waals surface area contributed by atoms with Crippen LogP contribution in [0.3, 0.4) is 0 Å². The molecule has 0 N–H and O–H groups in total. The van der Waals surface area contributed by atoms with Gasteiger partial charge in [0.15, 0.2) is 0 Å². The average Bonchev–Trinajstić information content (AvgIpc) is 2.49. The summed E-state index contributed by atoms with van der Waals surface area (Å²) in [6.45, 7) is 8.57. The van der Waals surface area contributed by atoms with Gasteiger partial charge in [0, 0.05) is 19.5 Å². The highest BCUT2D eigenvalue weighted by Gasteiger charge is 2.11. The third kappa shape index (κ3) is 12.9. The van der Waals surface area contributed by atoms with Crippen LogP contribution in [-0.2, 0) is 4.79 Å². The van der Waals surface area contributed by atoms with E-state index in [1.807, 2.05) is 0 Å². The monoisotopic (exact) mass is 297 g/mol. The van der Waals surface area contributed by atoms with Crippen LogP contribution in [0.4, 0.5) is 0 Å². The Labute approximate surface area is 133 Å². The number of carbonyl (C=O) groups excluding carboxylic acids is 1. The van der Waals surface area contributed by atoms with Crippen LogP contribution in [0.25, 0.3) is 0 Å². The van der Waals surface area contributed by atoms with Gasteiger partial charge >= 0.3 is 0 Å². The van der Waals surface area contributed by atoms with Gasteiger partial charge in [-0.15, -0.1) is 0 Å². The summed E-state index contributed by atoms with van der Waals surface area (Å²) in [7, 11) is 0. The van der Waals surface area contributed by atoms with Gasteiger partial charge in [-0.25, -0.2) is 0 Å². The van der Waals surface area contributed by atoms with Crippen LogP contribution in [0, 0.1) is 0 Å². The number of hydrogen-bond acceptors (Lipinski definition) is 1. The summed E-state index contributed by atoms with van der Waals surface area (Å²) < 4.78 is 0. The van der Waals surface area contributed by atoms with Crippen molar-refractivity contribution in [2.24, 2.45) is 0 Å². The molecule has 2 nitrogen and oxygen atoms in total. The van der Waals surface area contributed by atoms with Gasteiger partial charge in [0.25, 0.3) is 0 Å². The van der Waals surface area contributed by atoms with Crippen LogP contribution >= 0.6 is 0 Å². The van der Waals surface area contributed by atoms with Crippen molar-refractivity contribution in [2.45, 2.75) is 104 Å². The van der Waals surface area contributed by atoms with Gasteiger partial charge in [-0.2, -0.15) is 0 Å². The van der Waals surface area contributed by atoms with Crippen molar-refractivity contribution in [3.63, 3.8) is 0 Å². The fourth-order valence-electron chi connectivity index (χ4n) is 2.75. The lowest BCUT2D eigenvalue weighted by Gasteiger charge is -2.22. The molecule has 0 saturated heterocycles. The Morgan fingerprint density at radius 2 is 1.14 bits per heavy atom. The van der Waals surface area contributed by atoms with E-state index in [1.165, 1.54) is 64.2 Å². The highest BCUT2D eigenvalue weighted by Crippen LogP contribution is 2.10. The van der Waals surface area contributed by atoms with Crippen molar-refractivity contribution >= 4 is 5.91 Å². The molecule has 0 heterocycles. The molecule has 0 aromatic rings. The highest BCUT2D eigenvalue weighted by molar-refractivity contribution is 5.76.